The van der Waals surface area contributed by atoms with E-state index in [9.17, 15) is 23.4 Å². The molecule has 5 nitrogen and oxygen atoms in total. The van der Waals surface area contributed by atoms with Gasteiger partial charge in [-0.1, -0.05) is 0 Å². The predicted molar refractivity (Wildman–Crippen MR) is 155 cm³/mol. The zero-order chi connectivity index (χ0) is 28.8. The van der Waals surface area contributed by atoms with Crippen molar-refractivity contribution in [2.24, 2.45) is 17.8 Å². The summed E-state index contributed by atoms with van der Waals surface area (Å²) in [4.78, 5) is 4.41. The molecule has 2 N–H and O–H groups in total. The maximum absolute atomic E-state index is 13.4. The Balaban J connectivity index is 1.22. The van der Waals surface area contributed by atoms with E-state index < -0.39 is 12.2 Å². The maximum atomic E-state index is 13.4. The Bertz CT molecular complexity index is 1140. The number of rotatable bonds is 10. The lowest BCUT2D eigenvalue weighted by Crippen LogP contribution is -2.47. The van der Waals surface area contributed by atoms with Gasteiger partial charge in [0.2, 0.25) is 0 Å². The third kappa shape index (κ3) is 7.54. The molecule has 0 radical (unpaired) electrons. The number of piperidine rings is 2. The summed E-state index contributed by atoms with van der Waals surface area (Å²) in [5, 5.41) is 23.3. The van der Waals surface area contributed by atoms with E-state index in [0.29, 0.717) is 18.8 Å². The predicted octanol–water partition coefficient (Wildman–Crippen LogP) is 6.04. The first-order chi connectivity index (χ1) is 19.9. The van der Waals surface area contributed by atoms with E-state index in [1.54, 1.807) is 36.4 Å². The van der Waals surface area contributed by atoms with E-state index in [-0.39, 0.29) is 35.2 Å². The fourth-order valence-electron chi connectivity index (χ4n) is 6.39. The molecule has 0 saturated carbocycles. The molecule has 41 heavy (non-hydrogen) atoms. The van der Waals surface area contributed by atoms with Gasteiger partial charge in [-0.2, -0.15) is 0 Å². The lowest BCUT2D eigenvalue weighted by molar-refractivity contribution is -0.0583. The molecule has 3 aromatic rings. The number of hydrogen-bond donors (Lipinski definition) is 2. The van der Waals surface area contributed by atoms with Gasteiger partial charge in [0.05, 0.1) is 18.8 Å². The average molecular weight is 569 g/mol. The van der Waals surface area contributed by atoms with Crippen molar-refractivity contribution < 1.29 is 28.1 Å². The molecule has 0 amide bonds. The Hall–Kier alpha value is -3.23. The van der Waals surface area contributed by atoms with Gasteiger partial charge in [-0.05, 0) is 117 Å². The monoisotopic (exact) mass is 568 g/mol. The standard InChI is InChI=1S/C33H39F3N2O3/c34-25-1-7-28(8-2-25)37-18-13-23(14-19-37)32(39)31(17-22-41-30-11-5-27(36)6-12-30)33(40)24-15-20-38(21-16-24)29-9-3-26(35)4-10-29/h1-12,23-24,31-33,39-40H,13-22H2. The van der Waals surface area contributed by atoms with E-state index in [1.807, 2.05) is 0 Å². The van der Waals surface area contributed by atoms with Gasteiger partial charge in [0.25, 0.3) is 0 Å². The number of benzene rings is 3. The van der Waals surface area contributed by atoms with Gasteiger partial charge < -0.3 is 24.7 Å². The van der Waals surface area contributed by atoms with Gasteiger partial charge >= 0.3 is 0 Å². The van der Waals surface area contributed by atoms with E-state index in [0.717, 1.165) is 63.2 Å². The fraction of sp³-hybridized carbons (Fsp3) is 0.455. The molecule has 2 heterocycles. The quantitative estimate of drug-likeness (QED) is 0.312. The van der Waals surface area contributed by atoms with Crippen LogP contribution in [0.5, 0.6) is 5.75 Å². The first-order valence-electron chi connectivity index (χ1n) is 14.6. The van der Waals surface area contributed by atoms with Crippen molar-refractivity contribution >= 4 is 11.4 Å². The molecule has 2 unspecified atom stereocenters. The summed E-state index contributed by atoms with van der Waals surface area (Å²) in [6.07, 6.45) is 2.14. The fourth-order valence-corrected chi connectivity index (χ4v) is 6.39. The maximum Gasteiger partial charge on any atom is 0.123 e. The highest BCUT2D eigenvalue weighted by Crippen LogP contribution is 2.35. The van der Waals surface area contributed by atoms with Crippen molar-refractivity contribution in [3.8, 4) is 5.75 Å². The number of nitrogens with zero attached hydrogens (tertiary/aromatic N) is 2. The van der Waals surface area contributed by atoms with Crippen molar-refractivity contribution in [3.63, 3.8) is 0 Å². The van der Waals surface area contributed by atoms with Gasteiger partial charge in [0, 0.05) is 43.5 Å². The van der Waals surface area contributed by atoms with E-state index in [4.69, 9.17) is 4.74 Å². The molecule has 0 bridgehead atoms. The van der Waals surface area contributed by atoms with Crippen molar-refractivity contribution in [2.75, 3.05) is 42.6 Å². The third-order valence-electron chi connectivity index (χ3n) is 8.84. The normalized spacial score (nSPS) is 19.1. The largest absolute Gasteiger partial charge is 0.494 e. The lowest BCUT2D eigenvalue weighted by atomic mass is 9.75. The highest BCUT2D eigenvalue weighted by atomic mass is 19.1. The van der Waals surface area contributed by atoms with Crippen molar-refractivity contribution in [1.29, 1.82) is 0 Å². The zero-order valence-corrected chi connectivity index (χ0v) is 23.2. The van der Waals surface area contributed by atoms with Crippen LogP contribution in [0.2, 0.25) is 0 Å². The highest BCUT2D eigenvalue weighted by molar-refractivity contribution is 5.47. The number of aliphatic hydroxyl groups is 2. The summed E-state index contributed by atoms with van der Waals surface area (Å²) in [6.45, 7) is 3.29. The minimum atomic E-state index is -0.702. The van der Waals surface area contributed by atoms with Crippen LogP contribution < -0.4 is 14.5 Å². The number of halogens is 3. The van der Waals surface area contributed by atoms with Gasteiger partial charge in [-0.25, -0.2) is 13.2 Å². The molecular weight excluding hydrogens is 529 g/mol. The second-order valence-corrected chi connectivity index (χ2v) is 11.3. The van der Waals surface area contributed by atoms with Crippen LogP contribution in [0.3, 0.4) is 0 Å². The van der Waals surface area contributed by atoms with Crippen LogP contribution in [0.1, 0.15) is 32.1 Å². The van der Waals surface area contributed by atoms with Crippen LogP contribution in [-0.4, -0.2) is 55.2 Å². The minimum Gasteiger partial charge on any atom is -0.494 e. The summed E-state index contributed by atoms with van der Waals surface area (Å²) in [6, 6.07) is 18.8. The van der Waals surface area contributed by atoms with Crippen LogP contribution in [0.4, 0.5) is 24.5 Å². The molecule has 2 saturated heterocycles. The van der Waals surface area contributed by atoms with E-state index in [1.165, 1.54) is 36.4 Å². The number of anilines is 2. The van der Waals surface area contributed by atoms with Crippen molar-refractivity contribution in [3.05, 3.63) is 90.2 Å². The van der Waals surface area contributed by atoms with Gasteiger partial charge in [0.15, 0.2) is 0 Å². The Morgan fingerprint density at radius 3 is 1.37 bits per heavy atom. The Kier molecular flexibility index (Phi) is 9.72. The highest BCUT2D eigenvalue weighted by Gasteiger charge is 2.38. The topological polar surface area (TPSA) is 56.2 Å². The Morgan fingerprint density at radius 2 is 0.976 bits per heavy atom. The summed E-state index contributed by atoms with van der Waals surface area (Å²) >= 11 is 0. The second kappa shape index (κ2) is 13.6. The van der Waals surface area contributed by atoms with Crippen LogP contribution in [-0.2, 0) is 0 Å². The summed E-state index contributed by atoms with van der Waals surface area (Å²) in [7, 11) is 0. The van der Waals surface area contributed by atoms with Gasteiger partial charge in [-0.15, -0.1) is 0 Å². The first kappa shape index (κ1) is 29.3. The van der Waals surface area contributed by atoms with E-state index in [2.05, 4.69) is 9.80 Å². The summed E-state index contributed by atoms with van der Waals surface area (Å²) < 4.78 is 45.9. The van der Waals surface area contributed by atoms with Gasteiger partial charge in [-0.3, -0.25) is 0 Å². The molecular formula is C33H39F3N2O3. The molecule has 5 rings (SSSR count). The number of hydrogen-bond acceptors (Lipinski definition) is 5. The van der Waals surface area contributed by atoms with E-state index >= 15 is 0 Å². The first-order valence-corrected chi connectivity index (χ1v) is 14.6. The van der Waals surface area contributed by atoms with Crippen molar-refractivity contribution in [2.45, 2.75) is 44.3 Å². The van der Waals surface area contributed by atoms with Crippen LogP contribution in [0, 0.1) is 35.2 Å². The molecule has 0 aliphatic carbocycles. The molecule has 2 aliphatic heterocycles. The zero-order valence-electron chi connectivity index (χ0n) is 23.2. The Labute approximate surface area is 240 Å². The smallest absolute Gasteiger partial charge is 0.123 e. The second-order valence-electron chi connectivity index (χ2n) is 11.3. The number of aliphatic hydroxyl groups excluding tert-OH is 2. The molecule has 8 heteroatoms. The van der Waals surface area contributed by atoms with Crippen LogP contribution in [0.25, 0.3) is 0 Å². The molecule has 2 aliphatic rings. The van der Waals surface area contributed by atoms with Crippen molar-refractivity contribution in [1.82, 2.24) is 0 Å². The number of ether oxygens (including phenoxy) is 1. The molecule has 0 aromatic heterocycles. The minimum absolute atomic E-state index is 0.0245. The molecule has 3 aromatic carbocycles. The van der Waals surface area contributed by atoms with Crippen LogP contribution in [0.15, 0.2) is 72.8 Å². The van der Waals surface area contributed by atoms with Crippen LogP contribution >= 0.6 is 0 Å². The molecule has 0 spiro atoms. The lowest BCUT2D eigenvalue weighted by Gasteiger charge is -2.42. The average Bonchev–Trinajstić information content (AvgIpc) is 3.01. The molecule has 220 valence electrons. The van der Waals surface area contributed by atoms with Gasteiger partial charge in [0.1, 0.15) is 23.2 Å². The SMILES string of the molecule is OC(C1CCN(c2ccc(F)cc2)CC1)C(CCOc1ccc(F)cc1)C(O)C1CCN(c2ccc(F)cc2)CC1. The Morgan fingerprint density at radius 1 is 0.610 bits per heavy atom. The summed E-state index contributed by atoms with van der Waals surface area (Å²) in [5.74, 6) is -0.632. The molecule has 2 atom stereocenters. The molecule has 2 fully saturated rings. The summed E-state index contributed by atoms with van der Waals surface area (Å²) in [5.41, 5.74) is 1.94. The third-order valence-corrected chi connectivity index (χ3v) is 8.84.